The predicted molar refractivity (Wildman–Crippen MR) is 79.6 cm³/mol. The van der Waals surface area contributed by atoms with Crippen LogP contribution >= 0.6 is 35.1 Å². The van der Waals surface area contributed by atoms with Crippen LogP contribution in [0.2, 0.25) is 10.0 Å². The minimum atomic E-state index is -5.42. The largest absolute Gasteiger partial charge is 0.512 e. The zero-order valence-corrected chi connectivity index (χ0v) is 14.1. The van der Waals surface area contributed by atoms with E-state index < -0.39 is 20.8 Å². The lowest BCUT2D eigenvalue weighted by Crippen LogP contribution is -2.34. The van der Waals surface area contributed by atoms with Crippen molar-refractivity contribution < 1.29 is 26.3 Å². The standard InChI is InChI=1S/C11H10Cl2F3NO3S2/c1-5-2-10(21-17-22(18,19)11(14,15)16)6-3-7(12)8(13)4-9(6)20-5/h3-5,10,17H,2H2,1H3. The lowest BCUT2D eigenvalue weighted by Gasteiger charge is -2.30. The molecule has 1 aliphatic heterocycles. The number of rotatable bonds is 3. The quantitative estimate of drug-likeness (QED) is 0.775. The summed E-state index contributed by atoms with van der Waals surface area (Å²) in [5.74, 6) is 0.372. The first kappa shape index (κ1) is 18.0. The predicted octanol–water partition coefficient (Wildman–Crippen LogP) is 4.29. The molecule has 2 unspecified atom stereocenters. The van der Waals surface area contributed by atoms with Gasteiger partial charge in [-0.2, -0.15) is 17.3 Å². The molecule has 11 heteroatoms. The Labute approximate surface area is 139 Å². The molecule has 4 nitrogen and oxygen atoms in total. The Bertz CT molecular complexity index is 682. The van der Waals surface area contributed by atoms with E-state index in [1.807, 2.05) is 0 Å². The van der Waals surface area contributed by atoms with Crippen molar-refractivity contribution in [2.45, 2.75) is 30.2 Å². The molecule has 0 spiro atoms. The molecule has 2 atom stereocenters. The fourth-order valence-corrected chi connectivity index (χ4v) is 4.22. The Morgan fingerprint density at radius 3 is 2.50 bits per heavy atom. The van der Waals surface area contributed by atoms with Gasteiger partial charge in [-0.05, 0) is 13.0 Å². The third-order valence-corrected chi connectivity index (χ3v) is 6.20. The number of halogens is 5. The van der Waals surface area contributed by atoms with Crippen LogP contribution in [0.3, 0.4) is 0 Å². The van der Waals surface area contributed by atoms with Gasteiger partial charge in [0.05, 0.1) is 21.4 Å². The van der Waals surface area contributed by atoms with Gasteiger partial charge in [0.15, 0.2) is 0 Å². The van der Waals surface area contributed by atoms with Crippen molar-refractivity contribution in [1.82, 2.24) is 4.13 Å². The number of benzene rings is 1. The highest BCUT2D eigenvalue weighted by atomic mass is 35.5. The molecular weight excluding hydrogens is 386 g/mol. The van der Waals surface area contributed by atoms with E-state index >= 15 is 0 Å². The van der Waals surface area contributed by atoms with Gasteiger partial charge in [-0.25, -0.2) is 8.42 Å². The van der Waals surface area contributed by atoms with Crippen molar-refractivity contribution in [2.24, 2.45) is 0 Å². The molecule has 22 heavy (non-hydrogen) atoms. The molecule has 0 radical (unpaired) electrons. The minimum Gasteiger partial charge on any atom is -0.490 e. The van der Waals surface area contributed by atoms with Gasteiger partial charge in [0.1, 0.15) is 5.75 Å². The Kier molecular flexibility index (Phi) is 5.13. The molecule has 1 N–H and O–H groups in total. The molecule has 0 saturated carbocycles. The molecular formula is C11H10Cl2F3NO3S2. The van der Waals surface area contributed by atoms with Crippen molar-refractivity contribution in [2.75, 3.05) is 0 Å². The van der Waals surface area contributed by atoms with Gasteiger partial charge < -0.3 is 4.74 Å². The molecule has 124 valence electrons. The Balaban J connectivity index is 2.25. The van der Waals surface area contributed by atoms with Crippen LogP contribution in [0.15, 0.2) is 12.1 Å². The third-order valence-electron chi connectivity index (χ3n) is 2.88. The molecule has 0 aliphatic carbocycles. The summed E-state index contributed by atoms with van der Waals surface area (Å²) < 4.78 is 66.2. The van der Waals surface area contributed by atoms with E-state index in [2.05, 4.69) is 0 Å². The number of hydrogen-bond acceptors (Lipinski definition) is 4. The van der Waals surface area contributed by atoms with Gasteiger partial charge in [-0.3, -0.25) is 0 Å². The Morgan fingerprint density at radius 1 is 1.32 bits per heavy atom. The molecule has 0 aromatic heterocycles. The molecule has 0 saturated heterocycles. The molecule has 1 aromatic rings. The number of hydrogen-bond donors (Lipinski definition) is 1. The first-order valence-corrected chi connectivity index (χ1v) is 9.02. The average Bonchev–Trinajstić information content (AvgIpc) is 2.37. The van der Waals surface area contributed by atoms with E-state index in [9.17, 15) is 21.6 Å². The van der Waals surface area contributed by atoms with Crippen LogP contribution < -0.4 is 8.86 Å². The van der Waals surface area contributed by atoms with Gasteiger partial charge in [0, 0.05) is 18.1 Å². The summed E-state index contributed by atoms with van der Waals surface area (Å²) >= 11 is 12.2. The molecule has 1 aromatic carbocycles. The van der Waals surface area contributed by atoms with E-state index in [1.165, 1.54) is 16.3 Å². The van der Waals surface area contributed by atoms with Crippen molar-refractivity contribution in [3.63, 3.8) is 0 Å². The summed E-state index contributed by atoms with van der Waals surface area (Å²) in [4.78, 5) is 0. The first-order chi connectivity index (χ1) is 10.0. The van der Waals surface area contributed by atoms with Gasteiger partial charge in [-0.15, -0.1) is 0 Å². The molecule has 2 rings (SSSR count). The van der Waals surface area contributed by atoms with Crippen LogP contribution in [-0.2, 0) is 10.0 Å². The second kappa shape index (κ2) is 6.27. The monoisotopic (exact) mass is 395 g/mol. The van der Waals surface area contributed by atoms with Crippen molar-refractivity contribution in [3.05, 3.63) is 27.7 Å². The Hall–Kier alpha value is -0.350. The molecule has 0 amide bonds. The van der Waals surface area contributed by atoms with Crippen molar-refractivity contribution >= 4 is 45.2 Å². The number of alkyl halides is 3. The Morgan fingerprint density at radius 2 is 1.91 bits per heavy atom. The summed E-state index contributed by atoms with van der Waals surface area (Å²) in [6.45, 7) is 1.72. The normalized spacial score (nSPS) is 22.1. The van der Waals surface area contributed by atoms with Gasteiger partial charge in [0.2, 0.25) is 0 Å². The third kappa shape index (κ3) is 3.76. The lowest BCUT2D eigenvalue weighted by atomic mass is 10.0. The summed E-state index contributed by atoms with van der Waals surface area (Å²) in [7, 11) is -5.42. The fourth-order valence-electron chi connectivity index (χ4n) is 1.87. The average molecular weight is 396 g/mol. The zero-order valence-electron chi connectivity index (χ0n) is 10.9. The second-order valence-electron chi connectivity index (χ2n) is 4.61. The van der Waals surface area contributed by atoms with Gasteiger partial charge in [0.25, 0.3) is 0 Å². The van der Waals surface area contributed by atoms with E-state index in [1.54, 1.807) is 6.92 Å². The van der Waals surface area contributed by atoms with Crippen molar-refractivity contribution in [1.29, 1.82) is 0 Å². The smallest absolute Gasteiger partial charge is 0.490 e. The van der Waals surface area contributed by atoms with Crippen molar-refractivity contribution in [3.8, 4) is 5.75 Å². The van der Waals surface area contributed by atoms with Crippen LogP contribution in [0.1, 0.15) is 24.2 Å². The molecule has 0 bridgehead atoms. The highest BCUT2D eigenvalue weighted by Gasteiger charge is 2.46. The summed E-state index contributed by atoms with van der Waals surface area (Å²) in [5, 5.41) is -0.123. The lowest BCUT2D eigenvalue weighted by molar-refractivity contribution is -0.0440. The number of fused-ring (bicyclic) bond motifs is 1. The van der Waals surface area contributed by atoms with E-state index in [0.717, 1.165) is 0 Å². The second-order valence-corrected chi connectivity index (χ2v) is 8.36. The van der Waals surface area contributed by atoms with Crippen LogP contribution in [0.5, 0.6) is 5.75 Å². The van der Waals surface area contributed by atoms with Crippen LogP contribution in [0.4, 0.5) is 13.2 Å². The maximum absolute atomic E-state index is 12.4. The molecule has 0 fully saturated rings. The van der Waals surface area contributed by atoms with Gasteiger partial charge >= 0.3 is 15.5 Å². The van der Waals surface area contributed by atoms with E-state index in [4.69, 9.17) is 27.9 Å². The first-order valence-electron chi connectivity index (χ1n) is 5.90. The number of sulfonamides is 1. The van der Waals surface area contributed by atoms with Crippen LogP contribution in [0.25, 0.3) is 0 Å². The van der Waals surface area contributed by atoms with Gasteiger partial charge in [-0.1, -0.05) is 35.1 Å². The summed E-state index contributed by atoms with van der Waals surface area (Å²) in [5.41, 5.74) is -4.88. The maximum Gasteiger partial charge on any atom is 0.512 e. The highest BCUT2D eigenvalue weighted by Crippen LogP contribution is 2.45. The summed E-state index contributed by atoms with van der Waals surface area (Å²) in [6.07, 6.45) is 0.00773. The SMILES string of the molecule is CC1CC(SNS(=O)(=O)C(F)(F)F)c2cc(Cl)c(Cl)cc2O1. The fraction of sp³-hybridized carbons (Fsp3) is 0.455. The zero-order chi connectivity index (χ0) is 16.7. The van der Waals surface area contributed by atoms with E-state index in [-0.39, 0.29) is 16.1 Å². The number of nitrogens with one attached hydrogen (secondary N) is 1. The van der Waals surface area contributed by atoms with Crippen LogP contribution in [-0.4, -0.2) is 20.0 Å². The van der Waals surface area contributed by atoms with Crippen LogP contribution in [0, 0.1) is 0 Å². The minimum absolute atomic E-state index is 0.211. The maximum atomic E-state index is 12.4. The summed E-state index contributed by atoms with van der Waals surface area (Å²) in [6, 6.07) is 2.92. The molecule has 1 aliphatic rings. The highest BCUT2D eigenvalue weighted by molar-refractivity contribution is 8.09. The molecule has 1 heterocycles. The van der Waals surface area contributed by atoms with E-state index in [0.29, 0.717) is 29.7 Å². The number of ether oxygens (including phenoxy) is 1. The topological polar surface area (TPSA) is 55.4 Å².